The fraction of sp³-hybridized carbons (Fsp3) is 0.385. The van der Waals surface area contributed by atoms with E-state index in [2.05, 4.69) is 10.6 Å². The quantitative estimate of drug-likeness (QED) is 0.693. The van der Waals surface area contributed by atoms with E-state index in [-0.39, 0.29) is 23.1 Å². The molecule has 0 fully saturated rings. The van der Waals surface area contributed by atoms with Crippen molar-refractivity contribution in [3.8, 4) is 6.07 Å². The minimum absolute atomic E-state index is 0.0490. The third kappa shape index (κ3) is 4.99. The molecule has 2 N–H and O–H groups in total. The first kappa shape index (κ1) is 16.1. The second-order valence-electron chi connectivity index (χ2n) is 4.13. The van der Waals surface area contributed by atoms with Crippen LogP contribution < -0.4 is 10.6 Å². The maximum atomic E-state index is 12.0. The van der Waals surface area contributed by atoms with Gasteiger partial charge in [-0.2, -0.15) is 5.26 Å². The summed E-state index contributed by atoms with van der Waals surface area (Å²) in [6.07, 6.45) is 0.313. The molecular weight excluding hydrogens is 278 g/mol. The first-order valence-electron chi connectivity index (χ1n) is 6.14. The van der Waals surface area contributed by atoms with Crippen molar-refractivity contribution in [2.75, 3.05) is 25.9 Å². The van der Waals surface area contributed by atoms with Gasteiger partial charge in [-0.15, -0.1) is 0 Å². The Labute approximate surface area is 118 Å². The van der Waals surface area contributed by atoms with Gasteiger partial charge in [0.05, 0.1) is 22.3 Å². The molecule has 0 bridgehead atoms. The van der Waals surface area contributed by atoms with E-state index >= 15 is 0 Å². The van der Waals surface area contributed by atoms with Gasteiger partial charge in [0.15, 0.2) is 9.84 Å². The highest BCUT2D eigenvalue weighted by molar-refractivity contribution is 7.91. The minimum Gasteiger partial charge on any atom is -0.359 e. The molecular formula is C13H17N3O3S. The Morgan fingerprint density at radius 1 is 1.25 bits per heavy atom. The predicted octanol–water partition coefficient (Wildman–Crippen LogP) is 0.0577. The summed E-state index contributed by atoms with van der Waals surface area (Å²) in [7, 11) is -1.81. The molecule has 7 heteroatoms. The number of nitrogens with zero attached hydrogens (tertiary/aromatic N) is 1. The van der Waals surface area contributed by atoms with Crippen molar-refractivity contribution in [1.29, 1.82) is 5.26 Å². The molecule has 20 heavy (non-hydrogen) atoms. The number of nitriles is 1. The lowest BCUT2D eigenvalue weighted by atomic mass is 10.2. The highest BCUT2D eigenvalue weighted by Crippen LogP contribution is 2.11. The average Bonchev–Trinajstić information content (AvgIpc) is 2.46. The summed E-state index contributed by atoms with van der Waals surface area (Å²) < 4.78 is 24.0. The molecule has 0 unspecified atom stereocenters. The molecule has 0 radical (unpaired) electrons. The van der Waals surface area contributed by atoms with Crippen molar-refractivity contribution >= 4 is 15.7 Å². The van der Waals surface area contributed by atoms with E-state index in [4.69, 9.17) is 5.26 Å². The van der Waals surface area contributed by atoms with Gasteiger partial charge in [-0.3, -0.25) is 4.79 Å². The van der Waals surface area contributed by atoms with Crippen molar-refractivity contribution in [2.45, 2.75) is 11.3 Å². The fourth-order valence-electron chi connectivity index (χ4n) is 1.51. The molecule has 0 aliphatic heterocycles. The number of amides is 1. The van der Waals surface area contributed by atoms with E-state index in [1.807, 2.05) is 6.07 Å². The number of hydrogen-bond donors (Lipinski definition) is 2. The van der Waals surface area contributed by atoms with E-state index in [0.29, 0.717) is 18.5 Å². The number of sulfone groups is 1. The zero-order chi connectivity index (χ0) is 15.0. The van der Waals surface area contributed by atoms with Gasteiger partial charge in [0.25, 0.3) is 0 Å². The van der Waals surface area contributed by atoms with Crippen LogP contribution in [0.25, 0.3) is 0 Å². The third-order valence-corrected chi connectivity index (χ3v) is 4.43. The second-order valence-corrected chi connectivity index (χ2v) is 6.24. The minimum atomic E-state index is -3.36. The second kappa shape index (κ2) is 7.62. The first-order valence-corrected chi connectivity index (χ1v) is 7.79. The van der Waals surface area contributed by atoms with Crippen molar-refractivity contribution in [1.82, 2.24) is 10.6 Å². The molecule has 1 rings (SSSR count). The van der Waals surface area contributed by atoms with E-state index in [9.17, 15) is 13.2 Å². The van der Waals surface area contributed by atoms with Crippen LogP contribution in [0.5, 0.6) is 0 Å². The zero-order valence-electron chi connectivity index (χ0n) is 11.2. The maximum absolute atomic E-state index is 12.0. The van der Waals surface area contributed by atoms with Gasteiger partial charge < -0.3 is 10.6 Å². The van der Waals surface area contributed by atoms with Crippen LogP contribution in [0.4, 0.5) is 0 Å². The van der Waals surface area contributed by atoms with E-state index in [1.165, 1.54) is 24.3 Å². The Morgan fingerprint density at radius 3 is 2.45 bits per heavy atom. The van der Waals surface area contributed by atoms with Gasteiger partial charge in [0, 0.05) is 26.6 Å². The third-order valence-electron chi connectivity index (χ3n) is 2.70. The number of carbonyl (C=O) groups is 1. The Hall–Kier alpha value is -1.91. The van der Waals surface area contributed by atoms with Crippen LogP contribution in [0.3, 0.4) is 0 Å². The normalized spacial score (nSPS) is 10.8. The van der Waals surface area contributed by atoms with Crippen LogP contribution in [0, 0.1) is 11.3 Å². The monoisotopic (exact) mass is 295 g/mol. The Kier molecular flexibility index (Phi) is 6.15. The number of benzene rings is 1. The summed E-state index contributed by atoms with van der Waals surface area (Å²) in [6.45, 7) is 0.710. The van der Waals surface area contributed by atoms with Crippen LogP contribution >= 0.6 is 0 Å². The summed E-state index contributed by atoms with van der Waals surface area (Å²) >= 11 is 0. The average molecular weight is 295 g/mol. The molecule has 1 aromatic rings. The van der Waals surface area contributed by atoms with Crippen LogP contribution in [-0.4, -0.2) is 40.2 Å². The summed E-state index contributed by atoms with van der Waals surface area (Å²) in [6, 6.07) is 7.75. The first-order chi connectivity index (χ1) is 9.49. The van der Waals surface area contributed by atoms with Crippen LogP contribution in [0.2, 0.25) is 0 Å². The van der Waals surface area contributed by atoms with Crippen molar-refractivity contribution in [3.63, 3.8) is 0 Å². The summed E-state index contributed by atoms with van der Waals surface area (Å²) in [5.74, 6) is -0.139. The van der Waals surface area contributed by atoms with Gasteiger partial charge in [-0.1, -0.05) is 0 Å². The lowest BCUT2D eigenvalue weighted by Gasteiger charge is -2.06. The molecule has 1 amide bonds. The standard InChI is InChI=1S/C13H17N3O3S/c1-15-13(17)6-7-16-8-9-20(18,19)12-4-2-11(10-14)3-5-12/h2-5,16H,6-9H2,1H3,(H,15,17). The van der Waals surface area contributed by atoms with Gasteiger partial charge >= 0.3 is 0 Å². The highest BCUT2D eigenvalue weighted by atomic mass is 32.2. The van der Waals surface area contributed by atoms with Gasteiger partial charge in [-0.25, -0.2) is 8.42 Å². The highest BCUT2D eigenvalue weighted by Gasteiger charge is 2.13. The van der Waals surface area contributed by atoms with Gasteiger partial charge in [-0.05, 0) is 24.3 Å². The lowest BCUT2D eigenvalue weighted by Crippen LogP contribution is -2.28. The SMILES string of the molecule is CNC(=O)CCNCCS(=O)(=O)c1ccc(C#N)cc1. The van der Waals surface area contributed by atoms with Crippen molar-refractivity contribution in [2.24, 2.45) is 0 Å². The molecule has 0 aromatic heterocycles. The molecule has 0 atom stereocenters. The number of hydrogen-bond acceptors (Lipinski definition) is 5. The Morgan fingerprint density at radius 2 is 1.90 bits per heavy atom. The number of nitrogens with one attached hydrogen (secondary N) is 2. The van der Waals surface area contributed by atoms with E-state index in [1.54, 1.807) is 7.05 Å². The molecule has 6 nitrogen and oxygen atoms in total. The maximum Gasteiger partial charge on any atom is 0.221 e. The lowest BCUT2D eigenvalue weighted by molar-refractivity contribution is -0.120. The molecule has 0 saturated carbocycles. The largest absolute Gasteiger partial charge is 0.359 e. The van der Waals surface area contributed by atoms with Crippen LogP contribution in [0.15, 0.2) is 29.2 Å². The molecule has 0 saturated heterocycles. The van der Waals surface area contributed by atoms with Gasteiger partial charge in [0.2, 0.25) is 5.91 Å². The van der Waals surface area contributed by atoms with Gasteiger partial charge in [0.1, 0.15) is 0 Å². The van der Waals surface area contributed by atoms with Crippen LogP contribution in [-0.2, 0) is 14.6 Å². The molecule has 108 valence electrons. The fourth-order valence-corrected chi connectivity index (χ4v) is 2.71. The predicted molar refractivity (Wildman–Crippen MR) is 74.8 cm³/mol. The Balaban J connectivity index is 2.45. The summed E-state index contributed by atoms with van der Waals surface area (Å²) in [5.41, 5.74) is 0.424. The molecule has 0 heterocycles. The number of rotatable bonds is 7. The van der Waals surface area contributed by atoms with E-state index in [0.717, 1.165) is 0 Å². The zero-order valence-corrected chi connectivity index (χ0v) is 12.0. The van der Waals surface area contributed by atoms with Crippen molar-refractivity contribution in [3.05, 3.63) is 29.8 Å². The molecule has 0 aliphatic rings. The Bertz CT molecular complexity index is 588. The molecule has 0 aliphatic carbocycles. The molecule has 0 spiro atoms. The summed E-state index contributed by atoms with van der Waals surface area (Å²) in [4.78, 5) is 11.2. The molecule has 1 aromatic carbocycles. The summed E-state index contributed by atoms with van der Waals surface area (Å²) in [5, 5.41) is 14.0. The van der Waals surface area contributed by atoms with Crippen molar-refractivity contribution < 1.29 is 13.2 Å². The van der Waals surface area contributed by atoms with E-state index < -0.39 is 9.84 Å². The van der Waals surface area contributed by atoms with Crippen LogP contribution in [0.1, 0.15) is 12.0 Å². The topological polar surface area (TPSA) is 99.1 Å². The smallest absolute Gasteiger partial charge is 0.221 e. The number of carbonyl (C=O) groups excluding carboxylic acids is 1.